The first kappa shape index (κ1) is 21.5. The summed E-state index contributed by atoms with van der Waals surface area (Å²) in [6, 6.07) is 10.2. The second-order valence-corrected chi connectivity index (χ2v) is 8.78. The number of benzene rings is 1. The summed E-state index contributed by atoms with van der Waals surface area (Å²) >= 11 is 0. The Bertz CT molecular complexity index is 1200. The molecule has 0 atom stereocenters. The molecule has 0 bridgehead atoms. The molecule has 0 radical (unpaired) electrons. The van der Waals surface area contributed by atoms with E-state index in [0.717, 1.165) is 49.6 Å². The van der Waals surface area contributed by atoms with Gasteiger partial charge in [0.15, 0.2) is 0 Å². The number of hydrogen-bond donors (Lipinski definition) is 1. The molecule has 8 heteroatoms. The third-order valence-corrected chi connectivity index (χ3v) is 6.55. The Morgan fingerprint density at radius 1 is 1.15 bits per heavy atom. The number of H-pyrrole nitrogens is 1. The summed E-state index contributed by atoms with van der Waals surface area (Å²) in [5.41, 5.74) is 2.71. The van der Waals surface area contributed by atoms with Gasteiger partial charge in [-0.05, 0) is 55.8 Å². The molecule has 2 aliphatic heterocycles. The Balaban J connectivity index is 1.24. The van der Waals surface area contributed by atoms with Crippen molar-refractivity contribution in [3.8, 4) is 0 Å². The minimum absolute atomic E-state index is 0.122. The van der Waals surface area contributed by atoms with E-state index in [-0.39, 0.29) is 29.7 Å². The number of carbonyl (C=O) groups excluding carboxylic acids is 1. The average Bonchev–Trinajstić information content (AvgIpc) is 2.84. The van der Waals surface area contributed by atoms with Crippen molar-refractivity contribution < 1.29 is 9.18 Å². The van der Waals surface area contributed by atoms with Gasteiger partial charge in [-0.1, -0.05) is 12.1 Å². The molecule has 1 saturated heterocycles. The van der Waals surface area contributed by atoms with E-state index in [9.17, 15) is 14.0 Å². The number of nitrogens with zero attached hydrogens (tertiary/aromatic N) is 4. The third kappa shape index (κ3) is 4.71. The number of amides is 1. The van der Waals surface area contributed by atoms with E-state index < -0.39 is 0 Å². The minimum Gasteiger partial charge on any atom is -0.334 e. The van der Waals surface area contributed by atoms with Gasteiger partial charge in [0.1, 0.15) is 11.6 Å². The van der Waals surface area contributed by atoms with Crippen molar-refractivity contribution in [2.24, 2.45) is 0 Å². The van der Waals surface area contributed by atoms with Crippen LogP contribution in [0.2, 0.25) is 0 Å². The molecule has 0 saturated carbocycles. The lowest BCUT2D eigenvalue weighted by Gasteiger charge is -2.32. The van der Waals surface area contributed by atoms with Crippen LogP contribution in [0.25, 0.3) is 0 Å². The van der Waals surface area contributed by atoms with Crippen LogP contribution in [-0.2, 0) is 19.5 Å². The Morgan fingerprint density at radius 2 is 2.00 bits per heavy atom. The average molecular weight is 448 g/mol. The summed E-state index contributed by atoms with van der Waals surface area (Å²) in [6.45, 7) is 3.25. The highest BCUT2D eigenvalue weighted by Crippen LogP contribution is 2.27. The number of piperidine rings is 1. The maximum Gasteiger partial charge on any atom is 0.256 e. The van der Waals surface area contributed by atoms with Gasteiger partial charge in [0.05, 0.1) is 23.4 Å². The molecule has 3 aromatic rings. The van der Waals surface area contributed by atoms with Gasteiger partial charge in [-0.3, -0.25) is 19.5 Å². The SMILES string of the molecule is O=C(c1cccnc1)N1CCc2nc(C3CCN(Cc4cccc(F)c4)CC3)[nH]c(=O)c2C1. The first-order chi connectivity index (χ1) is 16.1. The molecule has 0 aliphatic carbocycles. The molecule has 4 heterocycles. The number of halogens is 1. The Hall–Kier alpha value is -3.39. The highest BCUT2D eigenvalue weighted by molar-refractivity contribution is 5.94. The number of aromatic amines is 1. The molecule has 2 aromatic heterocycles. The lowest BCUT2D eigenvalue weighted by Crippen LogP contribution is -2.40. The number of pyridine rings is 1. The van der Waals surface area contributed by atoms with E-state index in [2.05, 4.69) is 14.9 Å². The summed E-state index contributed by atoms with van der Waals surface area (Å²) in [5.74, 6) is 0.611. The Morgan fingerprint density at radius 3 is 2.76 bits per heavy atom. The van der Waals surface area contributed by atoms with Crippen LogP contribution in [0.4, 0.5) is 4.39 Å². The topological polar surface area (TPSA) is 82.2 Å². The smallest absolute Gasteiger partial charge is 0.256 e. The van der Waals surface area contributed by atoms with Gasteiger partial charge in [0.2, 0.25) is 0 Å². The van der Waals surface area contributed by atoms with Gasteiger partial charge in [0, 0.05) is 37.8 Å². The van der Waals surface area contributed by atoms with Crippen molar-refractivity contribution in [1.29, 1.82) is 0 Å². The molecule has 5 rings (SSSR count). The number of carbonyl (C=O) groups is 1. The highest BCUT2D eigenvalue weighted by Gasteiger charge is 2.28. The third-order valence-electron chi connectivity index (χ3n) is 6.55. The fourth-order valence-electron chi connectivity index (χ4n) is 4.74. The van der Waals surface area contributed by atoms with Crippen LogP contribution in [0.1, 0.15) is 51.8 Å². The van der Waals surface area contributed by atoms with Gasteiger partial charge in [-0.15, -0.1) is 0 Å². The van der Waals surface area contributed by atoms with Crippen molar-refractivity contribution in [1.82, 2.24) is 24.8 Å². The van der Waals surface area contributed by atoms with Crippen LogP contribution in [0.15, 0.2) is 53.6 Å². The zero-order valence-corrected chi connectivity index (χ0v) is 18.3. The lowest BCUT2D eigenvalue weighted by atomic mass is 9.95. The van der Waals surface area contributed by atoms with Crippen LogP contribution >= 0.6 is 0 Å². The number of rotatable bonds is 4. The zero-order chi connectivity index (χ0) is 22.8. The molecular weight excluding hydrogens is 421 g/mol. The summed E-state index contributed by atoms with van der Waals surface area (Å²) < 4.78 is 13.5. The zero-order valence-electron chi connectivity index (χ0n) is 18.3. The van der Waals surface area contributed by atoms with Gasteiger partial charge < -0.3 is 9.88 Å². The largest absolute Gasteiger partial charge is 0.334 e. The molecule has 0 spiro atoms. The molecule has 1 amide bonds. The second kappa shape index (κ2) is 9.23. The fraction of sp³-hybridized carbons (Fsp3) is 0.360. The number of likely N-dealkylation sites (tertiary alicyclic amines) is 1. The van der Waals surface area contributed by atoms with E-state index in [0.29, 0.717) is 24.1 Å². The molecule has 1 aromatic carbocycles. The van der Waals surface area contributed by atoms with Crippen LogP contribution < -0.4 is 5.56 Å². The van der Waals surface area contributed by atoms with Crippen molar-refractivity contribution in [3.63, 3.8) is 0 Å². The number of aromatic nitrogens is 3. The standard InChI is InChI=1S/C25H26FN5O2/c26-20-5-1-3-17(13-20)15-30-10-6-18(7-11-30)23-28-22-8-12-31(16-21(22)24(32)29-23)25(33)19-4-2-9-27-14-19/h1-5,9,13-14,18H,6-8,10-12,15-16H2,(H,28,29,32). The van der Waals surface area contributed by atoms with Crippen LogP contribution in [0.3, 0.4) is 0 Å². The molecule has 0 unspecified atom stereocenters. The normalized spacial score (nSPS) is 17.1. The summed E-state index contributed by atoms with van der Waals surface area (Å²) in [4.78, 5) is 41.4. The van der Waals surface area contributed by atoms with Gasteiger partial charge >= 0.3 is 0 Å². The molecule has 7 nitrogen and oxygen atoms in total. The minimum atomic E-state index is -0.209. The predicted octanol–water partition coefficient (Wildman–Crippen LogP) is 2.88. The van der Waals surface area contributed by atoms with Gasteiger partial charge in [0.25, 0.3) is 11.5 Å². The molecule has 2 aliphatic rings. The van der Waals surface area contributed by atoms with E-state index in [1.54, 1.807) is 41.6 Å². The van der Waals surface area contributed by atoms with Crippen molar-refractivity contribution in [2.45, 2.75) is 38.3 Å². The van der Waals surface area contributed by atoms with E-state index >= 15 is 0 Å². The predicted molar refractivity (Wildman–Crippen MR) is 121 cm³/mol. The first-order valence-electron chi connectivity index (χ1n) is 11.3. The Kier molecular flexibility index (Phi) is 6.00. The number of fused-ring (bicyclic) bond motifs is 1. The van der Waals surface area contributed by atoms with Crippen LogP contribution in [0, 0.1) is 5.82 Å². The summed E-state index contributed by atoms with van der Waals surface area (Å²) in [5, 5.41) is 0. The van der Waals surface area contributed by atoms with E-state index in [4.69, 9.17) is 4.98 Å². The summed E-state index contributed by atoms with van der Waals surface area (Å²) in [6.07, 6.45) is 5.52. The second-order valence-electron chi connectivity index (χ2n) is 8.78. The quantitative estimate of drug-likeness (QED) is 0.665. The first-order valence-corrected chi connectivity index (χ1v) is 11.3. The van der Waals surface area contributed by atoms with Gasteiger partial charge in [-0.25, -0.2) is 9.37 Å². The van der Waals surface area contributed by atoms with Gasteiger partial charge in [-0.2, -0.15) is 0 Å². The Labute approximate surface area is 191 Å². The molecule has 1 fully saturated rings. The monoisotopic (exact) mass is 447 g/mol. The summed E-state index contributed by atoms with van der Waals surface area (Å²) in [7, 11) is 0. The van der Waals surface area contributed by atoms with Crippen molar-refractivity contribution >= 4 is 5.91 Å². The molecule has 170 valence electrons. The molecular formula is C25H26FN5O2. The van der Waals surface area contributed by atoms with E-state index in [1.165, 1.54) is 6.07 Å². The van der Waals surface area contributed by atoms with E-state index in [1.807, 2.05) is 6.07 Å². The van der Waals surface area contributed by atoms with Crippen molar-refractivity contribution in [2.75, 3.05) is 19.6 Å². The maximum absolute atomic E-state index is 13.5. The van der Waals surface area contributed by atoms with Crippen LogP contribution in [0.5, 0.6) is 0 Å². The van der Waals surface area contributed by atoms with Crippen molar-refractivity contribution in [3.05, 3.63) is 93.2 Å². The number of nitrogens with one attached hydrogen (secondary N) is 1. The molecule has 33 heavy (non-hydrogen) atoms. The highest BCUT2D eigenvalue weighted by atomic mass is 19.1. The maximum atomic E-state index is 13.5. The molecule has 1 N–H and O–H groups in total. The lowest BCUT2D eigenvalue weighted by molar-refractivity contribution is 0.0732. The van der Waals surface area contributed by atoms with Crippen LogP contribution in [-0.4, -0.2) is 50.3 Å². The fourth-order valence-corrected chi connectivity index (χ4v) is 4.74. The number of hydrogen-bond acceptors (Lipinski definition) is 5.